The van der Waals surface area contributed by atoms with Gasteiger partial charge in [-0.25, -0.2) is 14.6 Å². The number of H-pyrrole nitrogens is 1. The molecule has 0 aliphatic carbocycles. The lowest BCUT2D eigenvalue weighted by Gasteiger charge is -2.11. The van der Waals surface area contributed by atoms with Gasteiger partial charge in [-0.15, -0.1) is 0 Å². The standard InChI is InChI=1S/C41H32Cl4N2O4/c1-3-50-40(48)36-28(19-24-15-17-30(42)32(44)21-24)34(46-38(36)26-11-7-5-8-12-26)23-35-29(20-25-16-18-31(43)33(45)22-25)37(41(49)51-4-2)39(47-35)27-13-9-6-10-14-27/h5-18,21-23,46H,3-4,19-20H2,1-2H3. The highest BCUT2D eigenvalue weighted by Crippen LogP contribution is 2.38. The van der Waals surface area contributed by atoms with Crippen molar-refractivity contribution in [2.75, 3.05) is 13.2 Å². The van der Waals surface area contributed by atoms with Gasteiger partial charge in [-0.3, -0.25) is 0 Å². The summed E-state index contributed by atoms with van der Waals surface area (Å²) in [7, 11) is 0. The van der Waals surface area contributed by atoms with E-state index in [1.165, 1.54) is 0 Å². The first-order valence-corrected chi connectivity index (χ1v) is 17.8. The van der Waals surface area contributed by atoms with E-state index in [1.54, 1.807) is 38.1 Å². The molecule has 0 atom stereocenters. The second-order valence-corrected chi connectivity index (χ2v) is 13.3. The number of halogens is 4. The summed E-state index contributed by atoms with van der Waals surface area (Å²) in [6.07, 6.45) is 2.46. The first-order chi connectivity index (χ1) is 24.7. The third kappa shape index (κ3) is 8.00. The summed E-state index contributed by atoms with van der Waals surface area (Å²) < 4.78 is 11.2. The number of aliphatic imine (C=N–C) groups is 1. The van der Waals surface area contributed by atoms with Crippen molar-refractivity contribution < 1.29 is 19.1 Å². The van der Waals surface area contributed by atoms with Crippen LogP contribution in [0.2, 0.25) is 20.1 Å². The molecule has 2 heterocycles. The van der Waals surface area contributed by atoms with Gasteiger partial charge in [-0.05, 0) is 72.0 Å². The van der Waals surface area contributed by atoms with Crippen molar-refractivity contribution in [2.24, 2.45) is 4.99 Å². The third-order valence-corrected chi connectivity index (χ3v) is 9.77. The SMILES string of the molecule is CCOC(=O)C1=C(Cc2ccc(Cl)c(Cl)c2)C(=Cc2[nH]c(-c3ccccc3)c(C(=O)OCC)c2Cc2ccc(Cl)c(Cl)c2)N=C1c1ccccc1. The molecule has 5 aromatic rings. The highest BCUT2D eigenvalue weighted by molar-refractivity contribution is 6.42. The Kier molecular flexibility index (Phi) is 11.5. The van der Waals surface area contributed by atoms with Crippen molar-refractivity contribution in [3.63, 3.8) is 0 Å². The zero-order valence-electron chi connectivity index (χ0n) is 27.7. The van der Waals surface area contributed by atoms with Crippen LogP contribution in [0.3, 0.4) is 0 Å². The summed E-state index contributed by atoms with van der Waals surface area (Å²) in [5, 5.41) is 1.62. The number of esters is 2. The van der Waals surface area contributed by atoms with Crippen LogP contribution in [0.15, 0.2) is 119 Å². The maximum Gasteiger partial charge on any atom is 0.340 e. The molecule has 0 unspecified atom stereocenters. The van der Waals surface area contributed by atoms with Gasteiger partial charge < -0.3 is 14.5 Å². The molecule has 10 heteroatoms. The summed E-state index contributed by atoms with van der Waals surface area (Å²) in [5.41, 5.74) is 7.36. The number of carbonyl (C=O) groups excluding carboxylic acids is 2. The van der Waals surface area contributed by atoms with Crippen molar-refractivity contribution in [2.45, 2.75) is 26.7 Å². The zero-order chi connectivity index (χ0) is 36.1. The normalized spacial score (nSPS) is 13.5. The summed E-state index contributed by atoms with van der Waals surface area (Å²) in [5.74, 6) is -0.982. The number of benzene rings is 4. The van der Waals surface area contributed by atoms with E-state index >= 15 is 0 Å². The predicted octanol–water partition coefficient (Wildman–Crippen LogP) is 11.0. The molecule has 6 rings (SSSR count). The maximum absolute atomic E-state index is 13.8. The van der Waals surface area contributed by atoms with Crippen LogP contribution < -0.4 is 0 Å². The van der Waals surface area contributed by atoms with Crippen molar-refractivity contribution >= 4 is 70.1 Å². The maximum atomic E-state index is 13.8. The molecule has 0 fully saturated rings. The van der Waals surface area contributed by atoms with Gasteiger partial charge >= 0.3 is 11.9 Å². The minimum atomic E-state index is -0.502. The van der Waals surface area contributed by atoms with Crippen LogP contribution in [-0.2, 0) is 27.1 Å². The molecule has 4 aromatic carbocycles. The molecule has 6 nitrogen and oxygen atoms in total. The van der Waals surface area contributed by atoms with E-state index in [-0.39, 0.29) is 19.6 Å². The Morgan fingerprint density at radius 2 is 1.24 bits per heavy atom. The smallest absolute Gasteiger partial charge is 0.340 e. The minimum absolute atomic E-state index is 0.178. The lowest BCUT2D eigenvalue weighted by atomic mass is 9.93. The van der Waals surface area contributed by atoms with Crippen LogP contribution >= 0.6 is 46.4 Å². The molecule has 0 bridgehead atoms. The Labute approximate surface area is 316 Å². The topological polar surface area (TPSA) is 80.8 Å². The third-order valence-electron chi connectivity index (χ3n) is 8.30. The molecule has 1 N–H and O–H groups in total. The van der Waals surface area contributed by atoms with Gasteiger partial charge in [-0.2, -0.15) is 0 Å². The Morgan fingerprint density at radius 1 is 0.686 bits per heavy atom. The summed E-state index contributed by atoms with van der Waals surface area (Å²) in [4.78, 5) is 36.2. The number of carbonyl (C=O) groups is 2. The van der Waals surface area contributed by atoms with Crippen molar-refractivity contribution in [1.82, 2.24) is 4.98 Å². The summed E-state index contributed by atoms with van der Waals surface area (Å²) in [6, 6.07) is 29.7. The van der Waals surface area contributed by atoms with Crippen LogP contribution in [0.4, 0.5) is 0 Å². The van der Waals surface area contributed by atoms with Crippen molar-refractivity contribution in [3.05, 3.63) is 168 Å². The van der Waals surface area contributed by atoms with E-state index in [0.29, 0.717) is 71.6 Å². The highest BCUT2D eigenvalue weighted by Gasteiger charge is 2.32. The molecular weight excluding hydrogens is 726 g/mol. The lowest BCUT2D eigenvalue weighted by molar-refractivity contribution is -0.137. The number of ether oxygens (including phenoxy) is 2. The van der Waals surface area contributed by atoms with E-state index < -0.39 is 11.9 Å². The quantitative estimate of drug-likeness (QED) is 0.136. The molecule has 1 aliphatic rings. The Hall–Kier alpha value is -4.59. The summed E-state index contributed by atoms with van der Waals surface area (Å²) in [6.45, 7) is 3.89. The van der Waals surface area contributed by atoms with E-state index in [4.69, 9.17) is 60.9 Å². The Bertz CT molecular complexity index is 2210. The molecule has 258 valence electrons. The number of aromatic amines is 1. The number of rotatable bonds is 11. The molecule has 51 heavy (non-hydrogen) atoms. The van der Waals surface area contributed by atoms with E-state index in [1.807, 2.05) is 78.9 Å². The average Bonchev–Trinajstić information content (AvgIpc) is 3.67. The van der Waals surface area contributed by atoms with E-state index in [9.17, 15) is 9.59 Å². The highest BCUT2D eigenvalue weighted by atomic mass is 35.5. The van der Waals surface area contributed by atoms with Crippen LogP contribution in [0, 0.1) is 0 Å². The lowest BCUT2D eigenvalue weighted by Crippen LogP contribution is -2.17. The van der Waals surface area contributed by atoms with Crippen LogP contribution in [0.25, 0.3) is 17.3 Å². The van der Waals surface area contributed by atoms with Crippen LogP contribution in [0.1, 0.15) is 52.2 Å². The second kappa shape index (κ2) is 16.2. The molecule has 0 spiro atoms. The van der Waals surface area contributed by atoms with Gasteiger partial charge in [0.05, 0.1) is 61.5 Å². The average molecular weight is 759 g/mol. The van der Waals surface area contributed by atoms with Gasteiger partial charge in [0.1, 0.15) is 0 Å². The molecule has 0 amide bonds. The van der Waals surface area contributed by atoms with E-state index in [2.05, 4.69) is 4.98 Å². The Balaban J connectivity index is 1.63. The largest absolute Gasteiger partial charge is 0.462 e. The zero-order valence-corrected chi connectivity index (χ0v) is 30.8. The fourth-order valence-corrected chi connectivity index (χ4v) is 6.64. The van der Waals surface area contributed by atoms with Gasteiger partial charge in [0.25, 0.3) is 0 Å². The number of hydrogen-bond donors (Lipinski definition) is 1. The molecular formula is C41H32Cl4N2O4. The first kappa shape index (κ1) is 36.2. The molecule has 1 aromatic heterocycles. The van der Waals surface area contributed by atoms with Crippen LogP contribution in [0.5, 0.6) is 0 Å². The number of aromatic nitrogens is 1. The number of hydrogen-bond acceptors (Lipinski definition) is 5. The fourth-order valence-electron chi connectivity index (χ4n) is 6.00. The second-order valence-electron chi connectivity index (χ2n) is 11.6. The van der Waals surface area contributed by atoms with E-state index in [0.717, 1.165) is 22.3 Å². The van der Waals surface area contributed by atoms with Gasteiger partial charge in [0.2, 0.25) is 0 Å². The molecule has 1 aliphatic heterocycles. The molecule has 0 radical (unpaired) electrons. The van der Waals surface area contributed by atoms with Crippen molar-refractivity contribution in [3.8, 4) is 11.3 Å². The van der Waals surface area contributed by atoms with Gasteiger partial charge in [-0.1, -0.05) is 119 Å². The number of allylic oxidation sites excluding steroid dienone is 1. The molecule has 0 saturated carbocycles. The number of nitrogens with one attached hydrogen (secondary N) is 1. The van der Waals surface area contributed by atoms with Gasteiger partial charge in [0.15, 0.2) is 0 Å². The minimum Gasteiger partial charge on any atom is -0.462 e. The fraction of sp³-hybridized carbons (Fsp3) is 0.146. The Morgan fingerprint density at radius 3 is 1.80 bits per heavy atom. The first-order valence-electron chi connectivity index (χ1n) is 16.3. The summed E-state index contributed by atoms with van der Waals surface area (Å²) >= 11 is 25.4. The van der Waals surface area contributed by atoms with Gasteiger partial charge in [0, 0.05) is 24.1 Å². The van der Waals surface area contributed by atoms with Crippen molar-refractivity contribution in [1.29, 1.82) is 0 Å². The predicted molar refractivity (Wildman–Crippen MR) is 206 cm³/mol. The van der Waals surface area contributed by atoms with Crippen LogP contribution in [-0.4, -0.2) is 35.8 Å². The number of nitrogens with zero attached hydrogens (tertiary/aromatic N) is 1. The molecule has 0 saturated heterocycles. The monoisotopic (exact) mass is 756 g/mol.